The van der Waals surface area contributed by atoms with Gasteiger partial charge in [-0.15, -0.1) is 0 Å². The number of nitrogens with zero attached hydrogens (tertiary/aromatic N) is 3. The molecule has 2 aromatic rings. The maximum absolute atomic E-state index is 12.4. The Labute approximate surface area is 134 Å². The Hall–Kier alpha value is -2.41. The molecule has 1 saturated carbocycles. The van der Waals surface area contributed by atoms with Gasteiger partial charge in [0.1, 0.15) is 0 Å². The monoisotopic (exact) mass is 315 g/mol. The molecule has 1 fully saturated rings. The number of amides is 2. The van der Waals surface area contributed by atoms with Crippen molar-refractivity contribution in [1.82, 2.24) is 24.9 Å². The molecule has 2 heterocycles. The zero-order chi connectivity index (χ0) is 16.4. The number of imidazole rings is 1. The molecular formula is C16H21N5O2. The molecule has 0 saturated heterocycles. The third kappa shape index (κ3) is 3.50. The minimum atomic E-state index is -0.263. The van der Waals surface area contributed by atoms with Gasteiger partial charge in [-0.1, -0.05) is 6.07 Å². The van der Waals surface area contributed by atoms with Crippen LogP contribution in [-0.2, 0) is 0 Å². The van der Waals surface area contributed by atoms with Gasteiger partial charge < -0.3 is 15.5 Å². The molecule has 1 aliphatic carbocycles. The average molecular weight is 315 g/mol. The summed E-state index contributed by atoms with van der Waals surface area (Å²) in [5, 5.41) is 5.75. The summed E-state index contributed by atoms with van der Waals surface area (Å²) in [6.45, 7) is 1.27. The van der Waals surface area contributed by atoms with Crippen LogP contribution in [0.5, 0.6) is 0 Å². The second kappa shape index (κ2) is 6.37. The minimum absolute atomic E-state index is 0.235. The summed E-state index contributed by atoms with van der Waals surface area (Å²) < 4.78 is 1.67. The largest absolute Gasteiger partial charge is 0.349 e. The van der Waals surface area contributed by atoms with Crippen LogP contribution >= 0.6 is 0 Å². The summed E-state index contributed by atoms with van der Waals surface area (Å²) in [4.78, 5) is 31.0. The summed E-state index contributed by atoms with van der Waals surface area (Å²) in [5.41, 5.74) is 0.918. The van der Waals surface area contributed by atoms with E-state index >= 15 is 0 Å². The number of fused-ring (bicyclic) bond motifs is 1. The Kier molecular flexibility index (Phi) is 4.29. The summed E-state index contributed by atoms with van der Waals surface area (Å²) in [6.07, 6.45) is 3.76. The first-order valence-corrected chi connectivity index (χ1v) is 7.77. The fourth-order valence-corrected chi connectivity index (χ4v) is 2.32. The van der Waals surface area contributed by atoms with Crippen molar-refractivity contribution in [2.75, 3.05) is 27.2 Å². The standard InChI is InChI=1S/C16H21N5O2/c1-20(2)10-8-17-15(22)13-12-5-3-4-9-21(12)14(19-13)16(23)18-11-6-7-11/h3-5,9,11H,6-8,10H2,1-2H3,(H,17,22)(H,18,23). The number of hydrogen-bond acceptors (Lipinski definition) is 4. The van der Waals surface area contributed by atoms with Crippen LogP contribution in [-0.4, -0.2) is 59.3 Å². The van der Waals surface area contributed by atoms with Gasteiger partial charge in [-0.05, 0) is 39.1 Å². The molecule has 0 atom stereocenters. The molecule has 0 spiro atoms. The molecule has 1 aliphatic rings. The molecule has 0 unspecified atom stereocenters. The third-order valence-corrected chi connectivity index (χ3v) is 3.72. The number of carbonyl (C=O) groups excluding carboxylic acids is 2. The van der Waals surface area contributed by atoms with Gasteiger partial charge in [0, 0.05) is 25.3 Å². The van der Waals surface area contributed by atoms with Crippen molar-refractivity contribution in [1.29, 1.82) is 0 Å². The predicted molar refractivity (Wildman–Crippen MR) is 86.6 cm³/mol. The van der Waals surface area contributed by atoms with E-state index < -0.39 is 0 Å². The lowest BCUT2D eigenvalue weighted by Gasteiger charge is -2.09. The van der Waals surface area contributed by atoms with E-state index in [2.05, 4.69) is 15.6 Å². The first kappa shape index (κ1) is 15.5. The van der Waals surface area contributed by atoms with Gasteiger partial charge in [-0.25, -0.2) is 4.98 Å². The number of pyridine rings is 1. The van der Waals surface area contributed by atoms with Gasteiger partial charge in [-0.2, -0.15) is 0 Å². The first-order chi connectivity index (χ1) is 11.1. The third-order valence-electron chi connectivity index (χ3n) is 3.72. The van der Waals surface area contributed by atoms with E-state index in [0.717, 1.165) is 19.4 Å². The molecular weight excluding hydrogens is 294 g/mol. The minimum Gasteiger partial charge on any atom is -0.349 e. The van der Waals surface area contributed by atoms with Crippen molar-refractivity contribution in [3.05, 3.63) is 35.9 Å². The topological polar surface area (TPSA) is 78.7 Å². The number of carbonyl (C=O) groups is 2. The summed E-state index contributed by atoms with van der Waals surface area (Å²) >= 11 is 0. The zero-order valence-electron chi connectivity index (χ0n) is 13.4. The van der Waals surface area contributed by atoms with Gasteiger partial charge in [0.2, 0.25) is 5.82 Å². The maximum Gasteiger partial charge on any atom is 0.287 e. The number of nitrogens with one attached hydrogen (secondary N) is 2. The van der Waals surface area contributed by atoms with E-state index in [1.54, 1.807) is 16.7 Å². The van der Waals surface area contributed by atoms with E-state index in [1.165, 1.54) is 0 Å². The van der Waals surface area contributed by atoms with Crippen molar-refractivity contribution in [2.24, 2.45) is 0 Å². The van der Waals surface area contributed by atoms with Crippen molar-refractivity contribution in [2.45, 2.75) is 18.9 Å². The van der Waals surface area contributed by atoms with Crippen LogP contribution in [0, 0.1) is 0 Å². The lowest BCUT2D eigenvalue weighted by atomic mass is 10.3. The number of aromatic nitrogens is 2. The highest BCUT2D eigenvalue weighted by molar-refractivity contribution is 6.02. The molecule has 23 heavy (non-hydrogen) atoms. The van der Waals surface area contributed by atoms with Crippen LogP contribution in [0.1, 0.15) is 33.9 Å². The average Bonchev–Trinajstić information content (AvgIpc) is 3.24. The van der Waals surface area contributed by atoms with Gasteiger partial charge in [0.25, 0.3) is 11.8 Å². The highest BCUT2D eigenvalue weighted by Gasteiger charge is 2.27. The zero-order valence-corrected chi connectivity index (χ0v) is 13.4. The highest BCUT2D eigenvalue weighted by atomic mass is 16.2. The van der Waals surface area contributed by atoms with E-state index in [-0.39, 0.29) is 29.4 Å². The van der Waals surface area contributed by atoms with Crippen LogP contribution in [0.4, 0.5) is 0 Å². The van der Waals surface area contributed by atoms with Crippen molar-refractivity contribution >= 4 is 17.3 Å². The molecule has 0 aliphatic heterocycles. The van der Waals surface area contributed by atoms with Gasteiger partial charge in [0.15, 0.2) is 5.69 Å². The van der Waals surface area contributed by atoms with Crippen LogP contribution in [0.2, 0.25) is 0 Å². The van der Waals surface area contributed by atoms with Crippen LogP contribution in [0.25, 0.3) is 5.52 Å². The normalized spacial score (nSPS) is 14.2. The second-order valence-electron chi connectivity index (χ2n) is 6.05. The Morgan fingerprint density at radius 2 is 2.09 bits per heavy atom. The van der Waals surface area contributed by atoms with Crippen LogP contribution < -0.4 is 10.6 Å². The summed E-state index contributed by atoms with van der Waals surface area (Å²) in [6, 6.07) is 5.68. The molecule has 0 bridgehead atoms. The Morgan fingerprint density at radius 1 is 1.30 bits per heavy atom. The smallest absolute Gasteiger partial charge is 0.287 e. The fourth-order valence-electron chi connectivity index (χ4n) is 2.32. The molecule has 122 valence electrons. The molecule has 7 heteroatoms. The van der Waals surface area contributed by atoms with E-state index in [4.69, 9.17) is 0 Å². The van der Waals surface area contributed by atoms with Crippen LogP contribution in [0.3, 0.4) is 0 Å². The first-order valence-electron chi connectivity index (χ1n) is 7.77. The van der Waals surface area contributed by atoms with E-state index in [1.807, 2.05) is 31.1 Å². The number of likely N-dealkylation sites (N-methyl/N-ethyl adjacent to an activating group) is 1. The van der Waals surface area contributed by atoms with E-state index in [9.17, 15) is 9.59 Å². The van der Waals surface area contributed by atoms with Crippen molar-refractivity contribution in [3.63, 3.8) is 0 Å². The summed E-state index contributed by atoms with van der Waals surface area (Å²) in [7, 11) is 3.89. The highest BCUT2D eigenvalue weighted by Crippen LogP contribution is 2.20. The van der Waals surface area contributed by atoms with Crippen molar-refractivity contribution in [3.8, 4) is 0 Å². The molecule has 0 radical (unpaired) electrons. The van der Waals surface area contributed by atoms with Crippen molar-refractivity contribution < 1.29 is 9.59 Å². The fraction of sp³-hybridized carbons (Fsp3) is 0.438. The predicted octanol–water partition coefficient (Wildman–Crippen LogP) is 0.518. The Balaban J connectivity index is 1.84. The quantitative estimate of drug-likeness (QED) is 0.814. The summed E-state index contributed by atoms with van der Waals surface area (Å²) in [5.74, 6) is -0.243. The molecule has 2 aromatic heterocycles. The van der Waals surface area contributed by atoms with Gasteiger partial charge in [-0.3, -0.25) is 14.0 Å². The lowest BCUT2D eigenvalue weighted by molar-refractivity contribution is 0.0940. The SMILES string of the molecule is CN(C)CCNC(=O)c1nc(C(=O)NC2CC2)n2ccccc12. The molecule has 3 rings (SSSR count). The maximum atomic E-state index is 12.4. The Morgan fingerprint density at radius 3 is 2.78 bits per heavy atom. The lowest BCUT2D eigenvalue weighted by Crippen LogP contribution is -2.31. The van der Waals surface area contributed by atoms with Gasteiger partial charge >= 0.3 is 0 Å². The molecule has 7 nitrogen and oxygen atoms in total. The molecule has 2 amide bonds. The van der Waals surface area contributed by atoms with Gasteiger partial charge in [0.05, 0.1) is 5.52 Å². The molecule has 2 N–H and O–H groups in total. The molecule has 0 aromatic carbocycles. The number of rotatable bonds is 6. The van der Waals surface area contributed by atoms with E-state index in [0.29, 0.717) is 12.1 Å². The van der Waals surface area contributed by atoms with Crippen LogP contribution in [0.15, 0.2) is 24.4 Å². The second-order valence-corrected chi connectivity index (χ2v) is 6.05. The Bertz CT molecular complexity index is 733. The number of hydrogen-bond donors (Lipinski definition) is 2.